The van der Waals surface area contributed by atoms with Crippen LogP contribution >= 0.6 is 0 Å². The Labute approximate surface area is 290 Å². The first-order valence-corrected chi connectivity index (χ1v) is 21.0. The highest BCUT2D eigenvalue weighted by molar-refractivity contribution is 7.87. The smallest absolute Gasteiger partial charge is 0.336 e. The summed E-state index contributed by atoms with van der Waals surface area (Å²) < 4.78 is 136. The number of rotatable bonds is 13. The molecule has 2 aromatic rings. The first-order chi connectivity index (χ1) is 22.7. The van der Waals surface area contributed by atoms with Gasteiger partial charge in [-0.2, -0.15) is 38.2 Å². The maximum absolute atomic E-state index is 12.6. The van der Waals surface area contributed by atoms with E-state index in [-0.39, 0.29) is 48.4 Å². The lowest BCUT2D eigenvalue weighted by Crippen LogP contribution is -2.30. The van der Waals surface area contributed by atoms with Gasteiger partial charge in [0.1, 0.15) is 11.4 Å². The van der Waals surface area contributed by atoms with E-state index in [9.17, 15) is 61.8 Å². The minimum absolute atomic E-state index is 0.0128. The van der Waals surface area contributed by atoms with E-state index in [1.54, 1.807) is 50.5 Å². The maximum atomic E-state index is 12.6. The molecule has 16 nitrogen and oxygen atoms in total. The van der Waals surface area contributed by atoms with Gasteiger partial charge in [0.15, 0.2) is 5.71 Å². The molecule has 5 N–H and O–H groups in total. The van der Waals surface area contributed by atoms with Gasteiger partial charge < -0.3 is 10.0 Å². The number of benzene rings is 2. The number of hydrogen-bond donors (Lipinski definition) is 5. The molecule has 2 heterocycles. The van der Waals surface area contributed by atoms with Crippen LogP contribution in [0.5, 0.6) is 0 Å². The Morgan fingerprint density at radius 2 is 1.42 bits per heavy atom. The van der Waals surface area contributed by atoms with Crippen LogP contribution in [0.15, 0.2) is 64.0 Å². The zero-order valence-corrected chi connectivity index (χ0v) is 30.6. The summed E-state index contributed by atoms with van der Waals surface area (Å²) in [5, 5.41) is 9.96. The van der Waals surface area contributed by atoms with Gasteiger partial charge >= 0.3 is 5.97 Å². The van der Waals surface area contributed by atoms with E-state index in [1.807, 2.05) is 0 Å². The van der Waals surface area contributed by atoms with E-state index in [0.29, 0.717) is 23.0 Å². The molecule has 0 radical (unpaired) electrons. The van der Waals surface area contributed by atoms with E-state index >= 15 is 0 Å². The fourth-order valence-electron chi connectivity index (χ4n) is 6.68. The summed E-state index contributed by atoms with van der Waals surface area (Å²) in [6.45, 7) is 6.52. The zero-order chi connectivity index (χ0) is 37.8. The number of hydrogen-bond acceptors (Lipinski definition) is 10. The van der Waals surface area contributed by atoms with Gasteiger partial charge in [-0.15, -0.1) is 0 Å². The number of carbonyl (C=O) groups is 1. The Bertz CT molecular complexity index is 2300. The Hall–Kier alpha value is -3.50. The summed E-state index contributed by atoms with van der Waals surface area (Å²) in [6.07, 6.45) is 4.44. The predicted molar refractivity (Wildman–Crippen MR) is 182 cm³/mol. The molecule has 2 aromatic carbocycles. The van der Waals surface area contributed by atoms with Crippen molar-refractivity contribution in [1.82, 2.24) is 0 Å². The maximum Gasteiger partial charge on any atom is 0.336 e. The van der Waals surface area contributed by atoms with E-state index < -0.39 is 78.6 Å². The van der Waals surface area contributed by atoms with E-state index in [1.165, 1.54) is 23.1 Å². The second-order valence-corrected chi connectivity index (χ2v) is 18.9. The van der Waals surface area contributed by atoms with Crippen LogP contribution in [0.1, 0.15) is 62.0 Å². The Balaban J connectivity index is 1.93. The lowest BCUT2D eigenvalue weighted by molar-refractivity contribution is -0.437. The lowest BCUT2D eigenvalue weighted by Gasteiger charge is -2.27. The molecule has 0 spiro atoms. The summed E-state index contributed by atoms with van der Waals surface area (Å²) in [5.41, 5.74) is -0.657. The molecular weight excluding hydrogens is 741 g/mol. The molecule has 2 aliphatic rings. The average molecular weight is 778 g/mol. The van der Waals surface area contributed by atoms with E-state index in [0.717, 1.165) is 6.07 Å². The van der Waals surface area contributed by atoms with Crippen LogP contribution < -0.4 is 4.90 Å². The third-order valence-corrected chi connectivity index (χ3v) is 12.0. The molecule has 0 unspecified atom stereocenters. The molecular formula is C30H37N2O14S4+. The van der Waals surface area contributed by atoms with Crippen LogP contribution in [0.4, 0.5) is 11.4 Å². The monoisotopic (exact) mass is 777 g/mol. The number of carboxylic acids is 1. The number of carboxylic acid groups (broad SMARTS) is 1. The Morgan fingerprint density at radius 1 is 0.820 bits per heavy atom. The molecule has 0 amide bonds. The van der Waals surface area contributed by atoms with Gasteiger partial charge in [-0.25, -0.2) is 4.79 Å². The molecule has 0 fully saturated rings. The minimum atomic E-state index is -5.09. The fourth-order valence-corrected chi connectivity index (χ4v) is 9.16. The first-order valence-electron chi connectivity index (χ1n) is 14.9. The average Bonchev–Trinajstić information content (AvgIpc) is 3.29. The van der Waals surface area contributed by atoms with Crippen LogP contribution in [-0.2, 0) is 51.3 Å². The van der Waals surface area contributed by atoms with Gasteiger partial charge in [-0.3, -0.25) is 18.2 Å². The Kier molecular flexibility index (Phi) is 10.4. The molecule has 0 saturated heterocycles. The summed E-state index contributed by atoms with van der Waals surface area (Å²) in [7, 11) is -18.8. The highest BCUT2D eigenvalue weighted by Crippen LogP contribution is 2.51. The molecule has 2 aliphatic heterocycles. The summed E-state index contributed by atoms with van der Waals surface area (Å²) >= 11 is 0. The number of anilines is 1. The van der Waals surface area contributed by atoms with Gasteiger partial charge in [0, 0.05) is 47.5 Å². The number of fused-ring (bicyclic) bond motifs is 2. The van der Waals surface area contributed by atoms with Crippen molar-refractivity contribution in [2.45, 2.75) is 61.2 Å². The summed E-state index contributed by atoms with van der Waals surface area (Å²) in [6, 6.07) is 6.24. The topological polar surface area (TPSA) is 261 Å². The van der Waals surface area contributed by atoms with Gasteiger partial charge in [0.2, 0.25) is 5.69 Å². The van der Waals surface area contributed by atoms with Gasteiger partial charge in [-0.05, 0) is 44.5 Å². The second-order valence-electron chi connectivity index (χ2n) is 12.9. The molecule has 0 atom stereocenters. The predicted octanol–water partition coefficient (Wildman–Crippen LogP) is 3.05. The molecule has 50 heavy (non-hydrogen) atoms. The van der Waals surface area contributed by atoms with Crippen molar-refractivity contribution in [3.05, 3.63) is 70.9 Å². The van der Waals surface area contributed by atoms with Crippen LogP contribution in [0.3, 0.4) is 0 Å². The quantitative estimate of drug-likeness (QED) is 0.145. The van der Waals surface area contributed by atoms with Crippen molar-refractivity contribution in [3.63, 3.8) is 0 Å². The third kappa shape index (κ3) is 8.01. The van der Waals surface area contributed by atoms with Crippen LogP contribution in [0.25, 0.3) is 0 Å². The number of aromatic carboxylic acids is 1. The molecule has 20 heteroatoms. The SMILES string of the molecule is CC1(C)C(/C=C/C=C2/N(CCCS(=O)(=O)O)c3cc(S(=O)(=O)O)cc(S(=O)(=O)O)c3C2(C)C)=[N+](CCCS(=O)(=O)O)c2cccc(C(=O)O)c21. The van der Waals surface area contributed by atoms with Crippen molar-refractivity contribution >= 4 is 63.5 Å². The molecule has 0 aromatic heterocycles. The van der Waals surface area contributed by atoms with Gasteiger partial charge in [-0.1, -0.05) is 26.0 Å². The number of allylic oxidation sites excluding steroid dienone is 4. The van der Waals surface area contributed by atoms with Gasteiger partial charge in [0.05, 0.1) is 32.9 Å². The molecule has 0 bridgehead atoms. The highest BCUT2D eigenvalue weighted by Gasteiger charge is 2.48. The summed E-state index contributed by atoms with van der Waals surface area (Å²) in [4.78, 5) is 11.9. The van der Waals surface area contributed by atoms with Crippen LogP contribution in [-0.4, -0.2) is 97.8 Å². The molecule has 0 aliphatic carbocycles. The fraction of sp³-hybridized carbons (Fsp3) is 0.400. The van der Waals surface area contributed by atoms with Crippen molar-refractivity contribution in [2.75, 3.05) is 29.5 Å². The zero-order valence-electron chi connectivity index (χ0n) is 27.3. The van der Waals surface area contributed by atoms with Crippen LogP contribution in [0, 0.1) is 0 Å². The molecule has 4 rings (SSSR count). The van der Waals surface area contributed by atoms with Crippen molar-refractivity contribution < 1.29 is 66.4 Å². The van der Waals surface area contributed by atoms with Crippen molar-refractivity contribution in [3.8, 4) is 0 Å². The van der Waals surface area contributed by atoms with Crippen LogP contribution in [0.2, 0.25) is 0 Å². The number of nitrogens with zero attached hydrogens (tertiary/aromatic N) is 2. The van der Waals surface area contributed by atoms with E-state index in [2.05, 4.69) is 0 Å². The highest BCUT2D eigenvalue weighted by atomic mass is 32.2. The second kappa shape index (κ2) is 13.2. The normalized spacial score (nSPS) is 18.2. The minimum Gasteiger partial charge on any atom is -0.478 e. The van der Waals surface area contributed by atoms with Gasteiger partial charge in [0.25, 0.3) is 40.5 Å². The van der Waals surface area contributed by atoms with E-state index in [4.69, 9.17) is 0 Å². The Morgan fingerprint density at radius 3 is 1.96 bits per heavy atom. The third-order valence-electron chi connectivity index (χ3n) is 8.67. The van der Waals surface area contributed by atoms with Crippen molar-refractivity contribution in [2.24, 2.45) is 0 Å². The summed E-state index contributed by atoms with van der Waals surface area (Å²) in [5.74, 6) is -2.46. The van der Waals surface area contributed by atoms with Crippen molar-refractivity contribution in [1.29, 1.82) is 0 Å². The largest absolute Gasteiger partial charge is 0.478 e. The molecule has 274 valence electrons. The lowest BCUT2D eigenvalue weighted by atomic mass is 9.79. The first kappa shape index (κ1) is 39.3. The molecule has 0 saturated carbocycles. The standard InChI is InChI=1S/C30H36N2O14S4/c1-29(2)24(31(13-7-15-47(35,36)37)21-10-5-9-20(26(21)29)28(33)34)11-6-12-25-30(3,4)27-22(32(25)14-8-16-48(38,39)40)17-19(49(41,42)43)18-23(27)50(44,45)46/h5-6,9-12,17-18H,7-8,13-16H2,1-4H3,(H4-,33,34,35,36,37,38,39,40,41,42,43,44,45,46)/p+1.